The van der Waals surface area contributed by atoms with Gasteiger partial charge < -0.3 is 4.74 Å². The zero-order chi connectivity index (χ0) is 18.4. The topological polar surface area (TPSA) is 81.1 Å². The molecular formula is C16H21N5O2S2. The maximum Gasteiger partial charge on any atom is 0.257 e. The monoisotopic (exact) mass is 379 g/mol. The van der Waals surface area contributed by atoms with E-state index >= 15 is 0 Å². The van der Waals surface area contributed by atoms with E-state index in [0.29, 0.717) is 29.1 Å². The van der Waals surface area contributed by atoms with Gasteiger partial charge in [-0.15, -0.1) is 10.2 Å². The van der Waals surface area contributed by atoms with Crippen molar-refractivity contribution >= 4 is 35.0 Å². The van der Waals surface area contributed by atoms with Crippen LogP contribution in [0.3, 0.4) is 0 Å². The predicted octanol–water partition coefficient (Wildman–Crippen LogP) is 2.60. The van der Waals surface area contributed by atoms with Crippen LogP contribution >= 0.6 is 24.0 Å². The number of hydrogen-bond donors (Lipinski definition) is 2. The van der Waals surface area contributed by atoms with Crippen molar-refractivity contribution in [2.45, 2.75) is 25.9 Å². The molecule has 0 saturated carbocycles. The number of ether oxygens (including phenoxy) is 1. The minimum absolute atomic E-state index is 0.170. The summed E-state index contributed by atoms with van der Waals surface area (Å²) in [6, 6.07) is 6.93. The Hall–Kier alpha value is -2.13. The highest BCUT2D eigenvalue weighted by atomic mass is 32.2. The van der Waals surface area contributed by atoms with E-state index in [1.807, 2.05) is 6.26 Å². The largest absolute Gasteiger partial charge is 0.493 e. The number of thioether (sulfide) groups is 1. The number of nitrogens with zero attached hydrogens (tertiary/aromatic N) is 3. The van der Waals surface area contributed by atoms with Crippen LogP contribution in [0.2, 0.25) is 0 Å². The lowest BCUT2D eigenvalue weighted by molar-refractivity contribution is 0.0977. The highest BCUT2D eigenvalue weighted by molar-refractivity contribution is 7.98. The smallest absolute Gasteiger partial charge is 0.257 e. The molecule has 0 aliphatic rings. The number of nitrogens with one attached hydrogen (secondary N) is 2. The zero-order valence-electron chi connectivity index (χ0n) is 14.6. The number of aromatic nitrogens is 3. The van der Waals surface area contributed by atoms with Crippen molar-refractivity contribution < 1.29 is 9.53 Å². The molecule has 0 spiro atoms. The van der Waals surface area contributed by atoms with Gasteiger partial charge in [-0.1, -0.05) is 25.6 Å². The lowest BCUT2D eigenvalue weighted by Gasteiger charge is -2.13. The summed E-state index contributed by atoms with van der Waals surface area (Å²) in [5, 5.41) is 11.4. The van der Waals surface area contributed by atoms with Crippen LogP contribution in [-0.4, -0.2) is 38.8 Å². The second kappa shape index (κ2) is 8.82. The molecule has 0 atom stereocenters. The summed E-state index contributed by atoms with van der Waals surface area (Å²) < 4.78 is 7.22. The molecule has 9 heteroatoms. The molecule has 1 heterocycles. The first-order valence-corrected chi connectivity index (χ1v) is 9.35. The van der Waals surface area contributed by atoms with Crippen LogP contribution in [0.15, 0.2) is 29.4 Å². The normalized spacial score (nSPS) is 10.6. The average molecular weight is 380 g/mol. The predicted molar refractivity (Wildman–Crippen MR) is 103 cm³/mol. The van der Waals surface area contributed by atoms with Crippen molar-refractivity contribution in [2.24, 2.45) is 5.92 Å². The van der Waals surface area contributed by atoms with Gasteiger partial charge in [-0.3, -0.25) is 15.5 Å². The molecule has 2 rings (SSSR count). The first-order valence-electron chi connectivity index (χ1n) is 7.72. The summed E-state index contributed by atoms with van der Waals surface area (Å²) in [6.07, 6.45) is 1.88. The number of carbonyl (C=O) groups is 1. The fraction of sp³-hybridized carbons (Fsp3) is 0.375. The highest BCUT2D eigenvalue weighted by Crippen LogP contribution is 2.13. The number of thiocarbonyl (C=S) groups is 1. The van der Waals surface area contributed by atoms with Crippen molar-refractivity contribution in [1.29, 1.82) is 0 Å². The van der Waals surface area contributed by atoms with E-state index in [4.69, 9.17) is 17.0 Å². The molecule has 2 N–H and O–H groups in total. The van der Waals surface area contributed by atoms with Gasteiger partial charge in [0.25, 0.3) is 5.91 Å². The minimum atomic E-state index is -0.302. The summed E-state index contributed by atoms with van der Waals surface area (Å²) >= 11 is 6.61. The third-order valence-corrected chi connectivity index (χ3v) is 3.94. The first kappa shape index (κ1) is 19.2. The maximum atomic E-state index is 12.3. The molecule has 1 aromatic carbocycles. The van der Waals surface area contributed by atoms with Crippen LogP contribution in [0.1, 0.15) is 30.0 Å². The van der Waals surface area contributed by atoms with E-state index < -0.39 is 0 Å². The number of aryl methyl sites for hydroxylation is 1. The Balaban J connectivity index is 1.94. The van der Waals surface area contributed by atoms with E-state index in [0.717, 1.165) is 5.75 Å². The molecule has 0 radical (unpaired) electrons. The Labute approximate surface area is 156 Å². The summed E-state index contributed by atoms with van der Waals surface area (Å²) in [6.45, 7) is 6.58. The van der Waals surface area contributed by atoms with Crippen molar-refractivity contribution in [2.75, 3.05) is 18.3 Å². The number of benzene rings is 1. The number of carbonyl (C=O) groups excluding carboxylic acids is 1. The molecule has 0 aliphatic carbocycles. The standard InChI is InChI=1S/C16H21N5O2S2/c1-10(2)9-23-13-7-5-12(6-8-13)14(22)17-15(24)20-21-11(3)18-19-16(21)25-4/h5-8,10H,9H2,1-4H3,(H2,17,20,22,24). The van der Waals surface area contributed by atoms with Gasteiger partial charge in [-0.05, 0) is 55.6 Å². The fourth-order valence-electron chi connectivity index (χ4n) is 1.87. The van der Waals surface area contributed by atoms with Gasteiger partial charge in [0.1, 0.15) is 11.6 Å². The van der Waals surface area contributed by atoms with Crippen molar-refractivity contribution in [1.82, 2.24) is 20.2 Å². The summed E-state index contributed by atoms with van der Waals surface area (Å²) in [4.78, 5) is 12.3. The molecule has 7 nitrogen and oxygen atoms in total. The van der Waals surface area contributed by atoms with Gasteiger partial charge in [-0.25, -0.2) is 4.68 Å². The van der Waals surface area contributed by atoms with Crippen LogP contribution in [0.25, 0.3) is 0 Å². The number of hydrogen-bond acceptors (Lipinski definition) is 6. The van der Waals surface area contributed by atoms with E-state index in [1.54, 1.807) is 35.9 Å². The molecule has 0 fully saturated rings. The second-order valence-corrected chi connectivity index (χ2v) is 6.88. The van der Waals surface area contributed by atoms with Gasteiger partial charge in [0.2, 0.25) is 5.16 Å². The van der Waals surface area contributed by atoms with Crippen molar-refractivity contribution in [3.63, 3.8) is 0 Å². The Kier molecular flexibility index (Phi) is 6.77. The maximum absolute atomic E-state index is 12.3. The Bertz CT molecular complexity index is 743. The second-order valence-electron chi connectivity index (χ2n) is 5.69. The molecule has 1 amide bonds. The lowest BCUT2D eigenvalue weighted by Crippen LogP contribution is -2.38. The third kappa shape index (κ3) is 5.43. The molecule has 1 aromatic heterocycles. The molecular weight excluding hydrogens is 358 g/mol. The number of rotatable bonds is 6. The summed E-state index contributed by atoms with van der Waals surface area (Å²) in [5.74, 6) is 1.52. The first-order chi connectivity index (χ1) is 11.9. The van der Waals surface area contributed by atoms with Crippen molar-refractivity contribution in [3.05, 3.63) is 35.7 Å². The van der Waals surface area contributed by atoms with Crippen LogP contribution < -0.4 is 15.5 Å². The van der Waals surface area contributed by atoms with Crippen LogP contribution in [0, 0.1) is 12.8 Å². The van der Waals surface area contributed by atoms with Crippen LogP contribution in [0.4, 0.5) is 0 Å². The van der Waals surface area contributed by atoms with E-state index in [-0.39, 0.29) is 11.0 Å². The summed E-state index contributed by atoms with van der Waals surface area (Å²) in [5.41, 5.74) is 3.39. The average Bonchev–Trinajstić information content (AvgIpc) is 2.93. The quantitative estimate of drug-likeness (QED) is 0.590. The Morgan fingerprint density at radius 1 is 1.32 bits per heavy atom. The third-order valence-electron chi connectivity index (χ3n) is 3.12. The molecule has 134 valence electrons. The molecule has 0 bridgehead atoms. The molecule has 0 aliphatic heterocycles. The molecule has 25 heavy (non-hydrogen) atoms. The van der Waals surface area contributed by atoms with E-state index in [2.05, 4.69) is 34.8 Å². The van der Waals surface area contributed by atoms with Crippen LogP contribution in [0.5, 0.6) is 5.75 Å². The molecule has 2 aromatic rings. The number of amides is 1. The van der Waals surface area contributed by atoms with Crippen LogP contribution in [-0.2, 0) is 0 Å². The lowest BCUT2D eigenvalue weighted by atomic mass is 10.2. The fourth-order valence-corrected chi connectivity index (χ4v) is 2.54. The zero-order valence-corrected chi connectivity index (χ0v) is 16.2. The molecule has 0 saturated heterocycles. The highest BCUT2D eigenvalue weighted by Gasteiger charge is 2.12. The van der Waals surface area contributed by atoms with E-state index in [9.17, 15) is 4.79 Å². The van der Waals surface area contributed by atoms with Gasteiger partial charge in [0.05, 0.1) is 6.61 Å². The van der Waals surface area contributed by atoms with E-state index in [1.165, 1.54) is 11.8 Å². The Morgan fingerprint density at radius 3 is 2.60 bits per heavy atom. The van der Waals surface area contributed by atoms with Gasteiger partial charge >= 0.3 is 0 Å². The SMILES string of the molecule is CSc1nnc(C)n1NC(=S)NC(=O)c1ccc(OCC(C)C)cc1. The Morgan fingerprint density at radius 2 is 2.00 bits per heavy atom. The van der Waals surface area contributed by atoms with Gasteiger partial charge in [0, 0.05) is 5.56 Å². The van der Waals surface area contributed by atoms with Gasteiger partial charge in [-0.2, -0.15) is 0 Å². The summed E-state index contributed by atoms with van der Waals surface area (Å²) in [7, 11) is 0. The minimum Gasteiger partial charge on any atom is -0.493 e. The molecule has 0 unspecified atom stereocenters. The van der Waals surface area contributed by atoms with Gasteiger partial charge in [0.15, 0.2) is 5.11 Å². The van der Waals surface area contributed by atoms with Crippen molar-refractivity contribution in [3.8, 4) is 5.75 Å².